The molecule has 6 heteroatoms. The van der Waals surface area contributed by atoms with Crippen LogP contribution in [0.15, 0.2) is 47.5 Å². The lowest BCUT2D eigenvalue weighted by Gasteiger charge is -2.26. The van der Waals surface area contributed by atoms with E-state index in [-0.39, 0.29) is 18.0 Å². The van der Waals surface area contributed by atoms with E-state index in [0.717, 1.165) is 24.1 Å². The van der Waals surface area contributed by atoms with Gasteiger partial charge in [-0.15, -0.1) is 0 Å². The minimum atomic E-state index is -0.406. The molecule has 136 valence electrons. The number of para-hydroxylation sites is 1. The second kappa shape index (κ2) is 7.99. The average molecular weight is 353 g/mol. The monoisotopic (exact) mass is 353 g/mol. The Labute approximate surface area is 152 Å². The topological polar surface area (TPSA) is 73.2 Å². The van der Waals surface area contributed by atoms with Gasteiger partial charge in [0.25, 0.3) is 5.56 Å². The Balaban J connectivity index is 1.91. The highest BCUT2D eigenvalue weighted by Crippen LogP contribution is 2.29. The van der Waals surface area contributed by atoms with Crippen LogP contribution in [0.2, 0.25) is 0 Å². The summed E-state index contributed by atoms with van der Waals surface area (Å²) in [7, 11) is 0. The third kappa shape index (κ3) is 3.85. The predicted molar refractivity (Wildman–Crippen MR) is 101 cm³/mol. The number of aromatic nitrogens is 2. The van der Waals surface area contributed by atoms with Crippen molar-refractivity contribution in [1.29, 1.82) is 0 Å². The largest absolute Gasteiger partial charge is 0.466 e. The van der Waals surface area contributed by atoms with E-state index in [1.165, 1.54) is 6.20 Å². The molecule has 1 aromatic heterocycles. The molecule has 6 nitrogen and oxygen atoms in total. The summed E-state index contributed by atoms with van der Waals surface area (Å²) in [6, 6.07) is 9.88. The predicted octanol–water partition coefficient (Wildman–Crippen LogP) is 3.16. The third-order valence-electron chi connectivity index (χ3n) is 4.45. The van der Waals surface area contributed by atoms with Crippen molar-refractivity contribution in [1.82, 2.24) is 9.55 Å². The lowest BCUT2D eigenvalue weighted by Crippen LogP contribution is -2.33. The highest BCUT2D eigenvalue weighted by molar-refractivity contribution is 5.72. The molecule has 2 heterocycles. The summed E-state index contributed by atoms with van der Waals surface area (Å²) < 4.78 is 6.64. The number of nitrogens with zero attached hydrogens (tertiary/aromatic N) is 2. The van der Waals surface area contributed by atoms with E-state index in [0.29, 0.717) is 18.0 Å². The maximum absolute atomic E-state index is 12.9. The molecule has 0 saturated carbocycles. The first-order valence-electron chi connectivity index (χ1n) is 8.87. The molecule has 0 bridgehead atoms. The summed E-state index contributed by atoms with van der Waals surface area (Å²) in [5, 5.41) is 3.26. The number of anilines is 1. The number of allylic oxidation sites excluding steroid dienone is 1. The van der Waals surface area contributed by atoms with Crippen molar-refractivity contribution in [3.05, 3.63) is 64.5 Å². The van der Waals surface area contributed by atoms with Gasteiger partial charge >= 0.3 is 5.97 Å². The van der Waals surface area contributed by atoms with E-state index < -0.39 is 5.97 Å². The molecular weight excluding hydrogens is 330 g/mol. The molecule has 1 aliphatic heterocycles. The van der Waals surface area contributed by atoms with Crippen molar-refractivity contribution in [3.8, 4) is 0 Å². The molecule has 1 aromatic carbocycles. The Hall–Kier alpha value is -2.89. The Morgan fingerprint density at radius 2 is 2.15 bits per heavy atom. The molecule has 1 aliphatic rings. The number of hydrogen-bond donors (Lipinski definition) is 1. The number of ether oxygens (including phenoxy) is 1. The maximum Gasteiger partial charge on any atom is 0.310 e. The van der Waals surface area contributed by atoms with Crippen LogP contribution in [-0.2, 0) is 16.0 Å². The van der Waals surface area contributed by atoms with E-state index in [1.54, 1.807) is 11.5 Å². The van der Waals surface area contributed by atoms with E-state index in [2.05, 4.69) is 10.3 Å². The Morgan fingerprint density at radius 3 is 2.88 bits per heavy atom. The Bertz CT molecular complexity index is 872. The lowest BCUT2D eigenvalue weighted by atomic mass is 10.00. The lowest BCUT2D eigenvalue weighted by molar-refractivity contribution is -0.142. The van der Waals surface area contributed by atoms with Gasteiger partial charge in [0.05, 0.1) is 13.0 Å². The molecule has 0 radical (unpaired) electrons. The summed E-state index contributed by atoms with van der Waals surface area (Å²) in [6.45, 7) is 4.05. The van der Waals surface area contributed by atoms with Gasteiger partial charge in [-0.1, -0.05) is 18.2 Å². The summed E-state index contributed by atoms with van der Waals surface area (Å²) >= 11 is 0. The van der Waals surface area contributed by atoms with Crippen molar-refractivity contribution in [2.24, 2.45) is 0 Å². The highest BCUT2D eigenvalue weighted by Gasteiger charge is 2.24. The first-order chi connectivity index (χ1) is 12.6. The first kappa shape index (κ1) is 17.9. The standard InChI is InChI=1S/C20H23N3O3/c1-3-26-18(24)11-16-13-22-19-15(10-9-14(2)23(19)20(16)25)12-21-17-7-5-4-6-8-17/h4-8,12-14,21H,3,9-11H2,1-2H3/b15-12-. The number of nitrogens with one attached hydrogen (secondary N) is 1. The minimum Gasteiger partial charge on any atom is -0.466 e. The summed E-state index contributed by atoms with van der Waals surface area (Å²) in [5.74, 6) is 0.252. The van der Waals surface area contributed by atoms with Crippen molar-refractivity contribution in [2.45, 2.75) is 39.2 Å². The van der Waals surface area contributed by atoms with Gasteiger partial charge < -0.3 is 10.1 Å². The molecule has 0 spiro atoms. The van der Waals surface area contributed by atoms with Gasteiger partial charge in [0.1, 0.15) is 5.82 Å². The zero-order valence-electron chi connectivity index (χ0n) is 15.1. The molecule has 0 amide bonds. The van der Waals surface area contributed by atoms with Crippen molar-refractivity contribution in [3.63, 3.8) is 0 Å². The summed E-state index contributed by atoms with van der Waals surface area (Å²) in [4.78, 5) is 29.1. The molecule has 2 aromatic rings. The second-order valence-corrected chi connectivity index (χ2v) is 6.33. The van der Waals surface area contributed by atoms with E-state index >= 15 is 0 Å². The van der Waals surface area contributed by atoms with E-state index in [4.69, 9.17) is 4.74 Å². The molecule has 0 fully saturated rings. The Kier molecular flexibility index (Phi) is 5.51. The van der Waals surface area contributed by atoms with Crippen LogP contribution in [0, 0.1) is 0 Å². The van der Waals surface area contributed by atoms with Crippen LogP contribution in [0.4, 0.5) is 5.69 Å². The number of rotatable bonds is 5. The van der Waals surface area contributed by atoms with Crippen LogP contribution in [0.5, 0.6) is 0 Å². The minimum absolute atomic E-state index is 0.0426. The van der Waals surface area contributed by atoms with Crippen LogP contribution in [0.3, 0.4) is 0 Å². The van der Waals surface area contributed by atoms with Gasteiger partial charge in [-0.2, -0.15) is 0 Å². The first-order valence-corrected chi connectivity index (χ1v) is 8.87. The maximum atomic E-state index is 12.9. The van der Waals surface area contributed by atoms with Crippen molar-refractivity contribution >= 4 is 17.2 Å². The summed E-state index contributed by atoms with van der Waals surface area (Å²) in [6.07, 6.45) is 5.04. The number of esters is 1. The number of fused-ring (bicyclic) bond motifs is 1. The smallest absolute Gasteiger partial charge is 0.310 e. The fourth-order valence-electron chi connectivity index (χ4n) is 3.09. The van der Waals surface area contributed by atoms with Gasteiger partial charge in [0.15, 0.2) is 0 Å². The number of benzene rings is 1. The van der Waals surface area contributed by atoms with Crippen LogP contribution in [0.25, 0.3) is 5.57 Å². The van der Waals surface area contributed by atoms with Gasteiger partial charge in [-0.05, 0) is 38.8 Å². The van der Waals surface area contributed by atoms with E-state index in [1.807, 2.05) is 43.5 Å². The number of carbonyl (C=O) groups is 1. The fraction of sp³-hybridized carbons (Fsp3) is 0.350. The van der Waals surface area contributed by atoms with Gasteiger partial charge in [0, 0.05) is 35.3 Å². The molecule has 1 N–H and O–H groups in total. The zero-order chi connectivity index (χ0) is 18.5. The average Bonchev–Trinajstić information content (AvgIpc) is 2.64. The summed E-state index contributed by atoms with van der Waals surface area (Å²) in [5.41, 5.74) is 2.16. The normalized spacial score (nSPS) is 17.6. The molecule has 0 aliphatic carbocycles. The molecular formula is C20H23N3O3. The van der Waals surface area contributed by atoms with E-state index in [9.17, 15) is 9.59 Å². The zero-order valence-corrected chi connectivity index (χ0v) is 15.1. The SMILES string of the molecule is CCOC(=O)Cc1cnc2n(c1=O)C(C)CC/C2=C/Nc1ccccc1. The molecule has 26 heavy (non-hydrogen) atoms. The van der Waals surface area contributed by atoms with Crippen molar-refractivity contribution in [2.75, 3.05) is 11.9 Å². The third-order valence-corrected chi connectivity index (χ3v) is 4.45. The Morgan fingerprint density at radius 1 is 1.38 bits per heavy atom. The quantitative estimate of drug-likeness (QED) is 0.836. The van der Waals surface area contributed by atoms with Crippen molar-refractivity contribution < 1.29 is 9.53 Å². The van der Waals surface area contributed by atoms with Gasteiger partial charge in [-0.3, -0.25) is 14.2 Å². The highest BCUT2D eigenvalue weighted by atomic mass is 16.5. The fourth-order valence-corrected chi connectivity index (χ4v) is 3.09. The van der Waals surface area contributed by atoms with Gasteiger partial charge in [-0.25, -0.2) is 4.98 Å². The van der Waals surface area contributed by atoms with Crippen LogP contribution >= 0.6 is 0 Å². The van der Waals surface area contributed by atoms with Gasteiger partial charge in [0.2, 0.25) is 0 Å². The van der Waals surface area contributed by atoms with Crippen LogP contribution in [0.1, 0.15) is 44.1 Å². The molecule has 0 saturated heterocycles. The molecule has 1 atom stereocenters. The number of hydrogen-bond acceptors (Lipinski definition) is 5. The molecule has 1 unspecified atom stereocenters. The van der Waals surface area contributed by atoms with Crippen LogP contribution in [-0.4, -0.2) is 22.1 Å². The number of carbonyl (C=O) groups excluding carboxylic acids is 1. The molecule has 3 rings (SSSR count). The second-order valence-electron chi connectivity index (χ2n) is 6.33. The van der Waals surface area contributed by atoms with Crippen LogP contribution < -0.4 is 10.9 Å².